The molecule has 0 aliphatic carbocycles. The molecule has 0 spiro atoms. The highest BCUT2D eigenvalue weighted by Crippen LogP contribution is 2.17. The number of carbonyl (C=O) groups excluding carboxylic acids is 4. The van der Waals surface area contributed by atoms with Crippen molar-refractivity contribution in [1.29, 1.82) is 0 Å². The number of rotatable bonds is 14. The van der Waals surface area contributed by atoms with Gasteiger partial charge in [0, 0.05) is 31.0 Å². The first-order chi connectivity index (χ1) is 18.9. The Hall–Kier alpha value is -3.98. The summed E-state index contributed by atoms with van der Waals surface area (Å²) in [5, 5.41) is 11.7. The molecule has 1 heterocycles. The minimum Gasteiger partial charge on any atom is -0.463 e. The van der Waals surface area contributed by atoms with Crippen LogP contribution in [-0.4, -0.2) is 62.0 Å². The van der Waals surface area contributed by atoms with Gasteiger partial charge in [0.2, 0.25) is 17.7 Å². The predicted octanol–water partition coefficient (Wildman–Crippen LogP) is 1.67. The minimum absolute atomic E-state index is 0.0781. The smallest absolute Gasteiger partial charge is 0.330 e. The van der Waals surface area contributed by atoms with E-state index in [1.807, 2.05) is 60.7 Å². The first-order valence-electron chi connectivity index (χ1n) is 13.4. The van der Waals surface area contributed by atoms with Crippen molar-refractivity contribution in [3.8, 4) is 0 Å². The van der Waals surface area contributed by atoms with Crippen LogP contribution in [-0.2, 0) is 36.8 Å². The number of amides is 3. The number of hydrogen-bond donors (Lipinski definition) is 4. The Kier molecular flexibility index (Phi) is 11.7. The third-order valence-electron chi connectivity index (χ3n) is 6.64. The lowest BCUT2D eigenvalue weighted by Gasteiger charge is -2.25. The van der Waals surface area contributed by atoms with Gasteiger partial charge in [-0.25, -0.2) is 4.79 Å². The molecule has 3 amide bonds. The number of ether oxygens (including phenoxy) is 1. The largest absolute Gasteiger partial charge is 0.463 e. The third kappa shape index (κ3) is 9.68. The maximum atomic E-state index is 13.6. The number of likely N-dealkylation sites (N-methyl/N-ethyl adjacent to an activating group) is 1. The number of hydrogen-bond acceptors (Lipinski definition) is 6. The zero-order valence-corrected chi connectivity index (χ0v) is 22.5. The van der Waals surface area contributed by atoms with Gasteiger partial charge in [0.25, 0.3) is 0 Å². The molecule has 0 radical (unpaired) electrons. The Morgan fingerprint density at radius 1 is 0.949 bits per heavy atom. The highest BCUT2D eigenvalue weighted by Gasteiger charge is 2.30. The van der Waals surface area contributed by atoms with E-state index in [1.165, 1.54) is 6.08 Å². The predicted molar refractivity (Wildman–Crippen MR) is 149 cm³/mol. The van der Waals surface area contributed by atoms with Crippen LogP contribution in [0.2, 0.25) is 0 Å². The molecule has 9 heteroatoms. The van der Waals surface area contributed by atoms with E-state index in [0.717, 1.165) is 11.1 Å². The van der Waals surface area contributed by atoms with Crippen molar-refractivity contribution < 1.29 is 23.9 Å². The second-order valence-electron chi connectivity index (χ2n) is 9.52. The van der Waals surface area contributed by atoms with Crippen LogP contribution in [0.3, 0.4) is 0 Å². The summed E-state index contributed by atoms with van der Waals surface area (Å²) in [5.74, 6) is -1.60. The van der Waals surface area contributed by atoms with E-state index < -0.39 is 30.0 Å². The molecule has 39 heavy (non-hydrogen) atoms. The topological polar surface area (TPSA) is 126 Å². The van der Waals surface area contributed by atoms with E-state index in [2.05, 4.69) is 21.3 Å². The molecule has 208 valence electrons. The molecule has 1 fully saturated rings. The molecule has 4 atom stereocenters. The van der Waals surface area contributed by atoms with Crippen LogP contribution in [0.5, 0.6) is 0 Å². The van der Waals surface area contributed by atoms with Gasteiger partial charge >= 0.3 is 5.97 Å². The maximum absolute atomic E-state index is 13.6. The van der Waals surface area contributed by atoms with Crippen LogP contribution in [0.15, 0.2) is 72.8 Å². The van der Waals surface area contributed by atoms with Crippen LogP contribution in [0.25, 0.3) is 0 Å². The molecule has 1 aliphatic heterocycles. The van der Waals surface area contributed by atoms with Crippen LogP contribution >= 0.6 is 0 Å². The van der Waals surface area contributed by atoms with Crippen molar-refractivity contribution in [1.82, 2.24) is 21.3 Å². The Morgan fingerprint density at radius 2 is 1.54 bits per heavy atom. The zero-order chi connectivity index (χ0) is 28.0. The van der Waals surface area contributed by atoms with Crippen LogP contribution in [0, 0.1) is 5.92 Å². The standard InChI is InChI=1S/C30H38N4O5/c1-3-39-27(35)15-14-24(20-23-16-17-32-28(23)36)33-30(38)26(19-22-12-8-5-9-13-22)34-29(37)25(31-2)18-21-10-6-4-7-11-21/h4-15,23-26,31H,3,16-20H2,1-2H3,(H,32,36)(H,33,38)(H,34,37)/b15-14+/t23-,24+,25+,26-/m0/s1. The van der Waals surface area contributed by atoms with E-state index in [9.17, 15) is 19.2 Å². The summed E-state index contributed by atoms with van der Waals surface area (Å²) in [7, 11) is 1.71. The number of carbonyl (C=O) groups is 4. The monoisotopic (exact) mass is 534 g/mol. The SMILES string of the molecule is CCOC(=O)/C=C/[C@H](C[C@@H]1CCNC1=O)NC(=O)[C@H](Cc1ccccc1)NC(=O)[C@@H](Cc1ccccc1)NC. The summed E-state index contributed by atoms with van der Waals surface area (Å²) in [4.78, 5) is 51.0. The molecule has 0 saturated carbocycles. The van der Waals surface area contributed by atoms with Gasteiger partial charge in [-0.2, -0.15) is 0 Å². The first kappa shape index (κ1) is 29.6. The molecule has 2 aromatic rings. The molecule has 0 bridgehead atoms. The fraction of sp³-hybridized carbons (Fsp3) is 0.400. The van der Waals surface area contributed by atoms with E-state index >= 15 is 0 Å². The van der Waals surface area contributed by atoms with Gasteiger partial charge in [-0.3, -0.25) is 14.4 Å². The highest BCUT2D eigenvalue weighted by molar-refractivity contribution is 5.90. The third-order valence-corrected chi connectivity index (χ3v) is 6.64. The summed E-state index contributed by atoms with van der Waals surface area (Å²) in [6.07, 6.45) is 4.53. The molecule has 4 N–H and O–H groups in total. The first-order valence-corrected chi connectivity index (χ1v) is 13.4. The number of nitrogens with one attached hydrogen (secondary N) is 4. The van der Waals surface area contributed by atoms with Gasteiger partial charge in [0.1, 0.15) is 6.04 Å². The lowest BCUT2D eigenvalue weighted by atomic mass is 9.97. The minimum atomic E-state index is -0.873. The summed E-state index contributed by atoms with van der Waals surface area (Å²) in [6.45, 7) is 2.51. The number of benzene rings is 2. The molecule has 1 saturated heterocycles. The van der Waals surface area contributed by atoms with Crippen molar-refractivity contribution in [2.24, 2.45) is 5.92 Å². The quantitative estimate of drug-likeness (QED) is 0.216. The Bertz CT molecular complexity index is 1120. The lowest BCUT2D eigenvalue weighted by molar-refractivity contribution is -0.137. The fourth-order valence-electron chi connectivity index (χ4n) is 4.54. The zero-order valence-electron chi connectivity index (χ0n) is 22.5. The van der Waals surface area contributed by atoms with Gasteiger partial charge in [-0.1, -0.05) is 66.7 Å². The fourth-order valence-corrected chi connectivity index (χ4v) is 4.54. The molecule has 2 aromatic carbocycles. The van der Waals surface area contributed by atoms with Gasteiger partial charge < -0.3 is 26.0 Å². The van der Waals surface area contributed by atoms with Crippen molar-refractivity contribution in [3.63, 3.8) is 0 Å². The normalized spacial score (nSPS) is 17.2. The number of esters is 1. The molecule has 9 nitrogen and oxygen atoms in total. The van der Waals surface area contributed by atoms with Crippen molar-refractivity contribution in [3.05, 3.63) is 83.9 Å². The molecule has 1 aliphatic rings. The van der Waals surface area contributed by atoms with Gasteiger partial charge in [-0.05, 0) is 44.4 Å². The highest BCUT2D eigenvalue weighted by atomic mass is 16.5. The van der Waals surface area contributed by atoms with E-state index in [0.29, 0.717) is 25.8 Å². The summed E-state index contributed by atoms with van der Waals surface area (Å²) >= 11 is 0. The average Bonchev–Trinajstić information content (AvgIpc) is 3.35. The second kappa shape index (κ2) is 15.4. The molecule has 0 unspecified atom stereocenters. The molecular formula is C30H38N4O5. The summed E-state index contributed by atoms with van der Waals surface area (Å²) < 4.78 is 4.97. The van der Waals surface area contributed by atoms with Gasteiger partial charge in [-0.15, -0.1) is 0 Å². The van der Waals surface area contributed by atoms with Crippen LogP contribution < -0.4 is 21.3 Å². The van der Waals surface area contributed by atoms with Crippen LogP contribution in [0.1, 0.15) is 30.9 Å². The molecule has 3 rings (SSSR count). The van der Waals surface area contributed by atoms with Crippen molar-refractivity contribution in [2.45, 2.75) is 50.7 Å². The van der Waals surface area contributed by atoms with Gasteiger partial charge in [0.15, 0.2) is 0 Å². The lowest BCUT2D eigenvalue weighted by Crippen LogP contribution is -2.55. The van der Waals surface area contributed by atoms with E-state index in [4.69, 9.17) is 4.74 Å². The Labute approximate surface area is 229 Å². The van der Waals surface area contributed by atoms with E-state index in [1.54, 1.807) is 20.0 Å². The van der Waals surface area contributed by atoms with Gasteiger partial charge in [0.05, 0.1) is 12.6 Å². The van der Waals surface area contributed by atoms with E-state index in [-0.39, 0.29) is 30.8 Å². The average molecular weight is 535 g/mol. The summed E-state index contributed by atoms with van der Waals surface area (Å²) in [5.41, 5.74) is 1.88. The molecule has 0 aromatic heterocycles. The molecular weight excluding hydrogens is 496 g/mol. The second-order valence-corrected chi connectivity index (χ2v) is 9.52. The maximum Gasteiger partial charge on any atom is 0.330 e. The Balaban J connectivity index is 1.77. The Morgan fingerprint density at radius 3 is 2.08 bits per heavy atom. The van der Waals surface area contributed by atoms with Crippen molar-refractivity contribution >= 4 is 23.7 Å². The van der Waals surface area contributed by atoms with Crippen molar-refractivity contribution in [2.75, 3.05) is 20.2 Å². The van der Waals surface area contributed by atoms with Crippen LogP contribution in [0.4, 0.5) is 0 Å². The summed E-state index contributed by atoms with van der Waals surface area (Å²) in [6, 6.07) is 17.1.